The second-order valence-electron chi connectivity index (χ2n) is 3.09. The smallest absolute Gasteiger partial charge is 0.263 e. The first kappa shape index (κ1) is 10.9. The number of hydrogen-bond acceptors (Lipinski definition) is 4. The minimum atomic E-state index is -0.167. The molecule has 1 aromatic carbocycles. The number of benzene rings is 1. The van der Waals surface area contributed by atoms with E-state index in [1.54, 1.807) is 30.3 Å². The van der Waals surface area contributed by atoms with Gasteiger partial charge in [0.15, 0.2) is 0 Å². The molecule has 3 nitrogen and oxygen atoms in total. The largest absolute Gasteiger partial charge is 0.307 e. The average molecular weight is 246 g/mol. The van der Waals surface area contributed by atoms with E-state index >= 15 is 0 Å². The van der Waals surface area contributed by atoms with Crippen LogP contribution in [0.15, 0.2) is 29.2 Å². The van der Waals surface area contributed by atoms with Crippen LogP contribution in [0.3, 0.4) is 0 Å². The molecule has 1 N–H and O–H groups in total. The first-order valence-corrected chi connectivity index (χ1v) is 5.66. The van der Waals surface area contributed by atoms with Crippen LogP contribution >= 0.6 is 24.0 Å². The molecule has 0 atom stereocenters. The molecule has 16 heavy (non-hydrogen) atoms. The van der Waals surface area contributed by atoms with Crippen molar-refractivity contribution in [3.8, 4) is 6.07 Å². The Balaban J connectivity index is 2.26. The topological polar surface area (TPSA) is 52.9 Å². The van der Waals surface area contributed by atoms with Crippen LogP contribution in [0.25, 0.3) is 6.08 Å². The van der Waals surface area contributed by atoms with Crippen molar-refractivity contribution in [3.05, 3.63) is 40.3 Å². The van der Waals surface area contributed by atoms with Gasteiger partial charge in [0.1, 0.15) is 4.32 Å². The Kier molecular flexibility index (Phi) is 3.04. The highest BCUT2D eigenvalue weighted by molar-refractivity contribution is 8.26. The average Bonchev–Trinajstić information content (AvgIpc) is 2.59. The Labute approximate surface area is 102 Å². The van der Waals surface area contributed by atoms with Gasteiger partial charge in [-0.3, -0.25) is 4.79 Å². The molecule has 0 aromatic heterocycles. The van der Waals surface area contributed by atoms with E-state index < -0.39 is 0 Å². The van der Waals surface area contributed by atoms with Crippen LogP contribution in [-0.2, 0) is 4.79 Å². The lowest BCUT2D eigenvalue weighted by molar-refractivity contribution is -0.115. The van der Waals surface area contributed by atoms with Crippen molar-refractivity contribution in [2.24, 2.45) is 0 Å². The zero-order valence-corrected chi connectivity index (χ0v) is 9.69. The van der Waals surface area contributed by atoms with E-state index in [1.165, 1.54) is 11.8 Å². The molecule has 2 rings (SSSR count). The maximum atomic E-state index is 11.4. The van der Waals surface area contributed by atoms with Gasteiger partial charge in [-0.15, -0.1) is 0 Å². The van der Waals surface area contributed by atoms with Crippen molar-refractivity contribution in [2.45, 2.75) is 0 Å². The summed E-state index contributed by atoms with van der Waals surface area (Å²) in [6, 6.07) is 9.04. The third-order valence-corrected chi connectivity index (χ3v) is 3.14. The van der Waals surface area contributed by atoms with Gasteiger partial charge < -0.3 is 5.32 Å². The number of nitrogens with one attached hydrogen (secondary N) is 1. The van der Waals surface area contributed by atoms with Crippen LogP contribution in [0.1, 0.15) is 11.1 Å². The predicted molar refractivity (Wildman–Crippen MR) is 67.5 cm³/mol. The highest BCUT2D eigenvalue weighted by Crippen LogP contribution is 2.25. The van der Waals surface area contributed by atoms with Gasteiger partial charge in [0.2, 0.25) is 0 Å². The van der Waals surface area contributed by atoms with Crippen LogP contribution in [-0.4, -0.2) is 10.2 Å². The van der Waals surface area contributed by atoms with E-state index in [4.69, 9.17) is 17.5 Å². The van der Waals surface area contributed by atoms with Gasteiger partial charge in [-0.2, -0.15) is 5.26 Å². The molecule has 1 aromatic rings. The Morgan fingerprint density at radius 2 is 2.06 bits per heavy atom. The van der Waals surface area contributed by atoms with Crippen molar-refractivity contribution in [1.82, 2.24) is 5.32 Å². The first-order chi connectivity index (χ1) is 7.69. The number of rotatable bonds is 1. The minimum absolute atomic E-state index is 0.167. The Hall–Kier alpha value is -1.64. The molecular formula is C11H6N2OS2. The normalized spacial score (nSPS) is 17.3. The molecule has 1 amide bonds. The molecule has 0 radical (unpaired) electrons. The summed E-state index contributed by atoms with van der Waals surface area (Å²) in [7, 11) is 0. The molecule has 0 spiro atoms. The summed E-state index contributed by atoms with van der Waals surface area (Å²) in [5, 5.41) is 11.2. The summed E-state index contributed by atoms with van der Waals surface area (Å²) in [4.78, 5) is 12.0. The van der Waals surface area contributed by atoms with E-state index in [2.05, 4.69) is 5.32 Å². The van der Waals surface area contributed by atoms with Crippen LogP contribution in [0, 0.1) is 11.3 Å². The summed E-state index contributed by atoms with van der Waals surface area (Å²) in [6.07, 6.45) is 1.75. The van der Waals surface area contributed by atoms with Crippen molar-refractivity contribution in [3.63, 3.8) is 0 Å². The van der Waals surface area contributed by atoms with Crippen LogP contribution in [0.2, 0.25) is 0 Å². The number of carbonyl (C=O) groups excluding carboxylic acids is 1. The van der Waals surface area contributed by atoms with E-state index in [-0.39, 0.29) is 5.91 Å². The van der Waals surface area contributed by atoms with Gasteiger partial charge in [-0.25, -0.2) is 0 Å². The number of amides is 1. The SMILES string of the molecule is N#Cc1ccc(C=C2SC(=S)NC2=O)cc1. The standard InChI is InChI=1S/C11H6N2OS2/c12-6-8-3-1-7(2-4-8)5-9-10(14)13-11(15)16-9/h1-5H,(H,13,14,15). The number of thiocarbonyl (C=S) groups is 1. The number of nitrogens with zero attached hydrogens (tertiary/aromatic N) is 1. The Morgan fingerprint density at radius 1 is 1.38 bits per heavy atom. The quantitative estimate of drug-likeness (QED) is 0.608. The maximum absolute atomic E-state index is 11.4. The fraction of sp³-hybridized carbons (Fsp3) is 0. The molecule has 1 heterocycles. The van der Waals surface area contributed by atoms with Gasteiger partial charge in [0.05, 0.1) is 16.5 Å². The first-order valence-electron chi connectivity index (χ1n) is 4.44. The molecule has 78 valence electrons. The lowest BCUT2D eigenvalue weighted by atomic mass is 10.1. The lowest BCUT2D eigenvalue weighted by Gasteiger charge is -1.94. The third-order valence-electron chi connectivity index (χ3n) is 1.98. The van der Waals surface area contributed by atoms with E-state index in [9.17, 15) is 4.79 Å². The molecule has 5 heteroatoms. The summed E-state index contributed by atoms with van der Waals surface area (Å²) in [6.45, 7) is 0. The molecule has 1 fully saturated rings. The Morgan fingerprint density at radius 3 is 2.56 bits per heavy atom. The number of hydrogen-bond donors (Lipinski definition) is 1. The van der Waals surface area contributed by atoms with E-state index in [0.717, 1.165) is 5.56 Å². The van der Waals surface area contributed by atoms with Gasteiger partial charge >= 0.3 is 0 Å². The third kappa shape index (κ3) is 2.30. The van der Waals surface area contributed by atoms with Gasteiger partial charge in [0.25, 0.3) is 5.91 Å². The van der Waals surface area contributed by atoms with E-state index in [0.29, 0.717) is 14.8 Å². The lowest BCUT2D eigenvalue weighted by Crippen LogP contribution is -2.17. The number of carbonyl (C=O) groups is 1. The minimum Gasteiger partial charge on any atom is -0.307 e. The molecule has 0 aliphatic carbocycles. The van der Waals surface area contributed by atoms with Gasteiger partial charge in [-0.05, 0) is 23.8 Å². The molecule has 0 saturated carbocycles. The second kappa shape index (κ2) is 4.47. The molecule has 0 bridgehead atoms. The van der Waals surface area contributed by atoms with E-state index in [1.807, 2.05) is 6.07 Å². The fourth-order valence-corrected chi connectivity index (χ4v) is 2.27. The second-order valence-corrected chi connectivity index (χ2v) is 4.80. The molecular weight excluding hydrogens is 240 g/mol. The van der Waals surface area contributed by atoms with Crippen molar-refractivity contribution in [1.29, 1.82) is 5.26 Å². The number of nitriles is 1. The van der Waals surface area contributed by atoms with Crippen LogP contribution < -0.4 is 5.32 Å². The summed E-state index contributed by atoms with van der Waals surface area (Å²) < 4.78 is 0.477. The zero-order valence-electron chi connectivity index (χ0n) is 8.06. The van der Waals surface area contributed by atoms with Gasteiger partial charge in [0, 0.05) is 0 Å². The summed E-state index contributed by atoms with van der Waals surface area (Å²) in [5.74, 6) is -0.167. The number of thioether (sulfide) groups is 1. The fourth-order valence-electron chi connectivity index (χ4n) is 1.23. The monoisotopic (exact) mass is 246 g/mol. The summed E-state index contributed by atoms with van der Waals surface area (Å²) >= 11 is 6.12. The van der Waals surface area contributed by atoms with Gasteiger partial charge in [-0.1, -0.05) is 36.1 Å². The summed E-state index contributed by atoms with van der Waals surface area (Å²) in [5.41, 5.74) is 1.47. The predicted octanol–water partition coefficient (Wildman–Crippen LogP) is 2.05. The Bertz CT molecular complexity index is 526. The van der Waals surface area contributed by atoms with Crippen LogP contribution in [0.4, 0.5) is 0 Å². The van der Waals surface area contributed by atoms with Crippen molar-refractivity contribution >= 4 is 40.3 Å². The highest BCUT2D eigenvalue weighted by Gasteiger charge is 2.21. The molecule has 1 aliphatic heterocycles. The highest BCUT2D eigenvalue weighted by atomic mass is 32.2. The van der Waals surface area contributed by atoms with Crippen LogP contribution in [0.5, 0.6) is 0 Å². The van der Waals surface area contributed by atoms with Crippen molar-refractivity contribution < 1.29 is 4.79 Å². The molecule has 1 saturated heterocycles. The van der Waals surface area contributed by atoms with Crippen molar-refractivity contribution in [2.75, 3.05) is 0 Å². The molecule has 0 unspecified atom stereocenters. The molecule has 1 aliphatic rings. The maximum Gasteiger partial charge on any atom is 0.263 e. The zero-order chi connectivity index (χ0) is 11.5.